The van der Waals surface area contributed by atoms with Crippen molar-refractivity contribution in [3.05, 3.63) is 74.6 Å². The molecule has 0 atom stereocenters. The molecule has 0 spiro atoms. The molecule has 3 aromatic rings. The van der Waals surface area contributed by atoms with Crippen molar-refractivity contribution in [2.75, 3.05) is 13.1 Å². The zero-order valence-electron chi connectivity index (χ0n) is 19.1. The van der Waals surface area contributed by atoms with Crippen molar-refractivity contribution in [2.24, 2.45) is 0 Å². The lowest BCUT2D eigenvalue weighted by Crippen LogP contribution is -2.44. The van der Waals surface area contributed by atoms with Crippen LogP contribution in [-0.4, -0.2) is 32.4 Å². The number of hydrogen-bond donors (Lipinski definition) is 1. The molecule has 176 valence electrons. The normalized spacial score (nSPS) is 16.0. The van der Waals surface area contributed by atoms with Crippen LogP contribution < -0.4 is 10.3 Å². The van der Waals surface area contributed by atoms with Crippen molar-refractivity contribution in [1.29, 1.82) is 0 Å². The predicted octanol–water partition coefficient (Wildman–Crippen LogP) is 4.82. The highest BCUT2D eigenvalue weighted by atomic mass is 35.5. The van der Waals surface area contributed by atoms with E-state index in [9.17, 15) is 13.2 Å². The van der Waals surface area contributed by atoms with Crippen LogP contribution >= 0.6 is 11.6 Å². The number of hydrogen-bond acceptors (Lipinski definition) is 5. The quantitative estimate of drug-likeness (QED) is 0.503. The van der Waals surface area contributed by atoms with Gasteiger partial charge >= 0.3 is 5.63 Å². The Kier molecular flexibility index (Phi) is 6.96. The van der Waals surface area contributed by atoms with Gasteiger partial charge in [0.2, 0.25) is 10.0 Å². The zero-order chi connectivity index (χ0) is 23.8. The largest absolute Gasteiger partial charge is 0.423 e. The lowest BCUT2D eigenvalue weighted by molar-refractivity contribution is 0.200. The second-order valence-corrected chi connectivity index (χ2v) is 11.2. The number of rotatable bonds is 6. The Labute approximate surface area is 199 Å². The Morgan fingerprint density at radius 1 is 1.12 bits per heavy atom. The summed E-state index contributed by atoms with van der Waals surface area (Å²) in [5.41, 5.74) is 3.58. The maximum absolute atomic E-state index is 12.7. The van der Waals surface area contributed by atoms with Crippen molar-refractivity contribution >= 4 is 32.6 Å². The summed E-state index contributed by atoms with van der Waals surface area (Å²) in [7, 11) is -3.59. The van der Waals surface area contributed by atoms with Crippen LogP contribution in [0.25, 0.3) is 11.0 Å². The van der Waals surface area contributed by atoms with Gasteiger partial charge in [-0.2, -0.15) is 0 Å². The average Bonchev–Trinajstić information content (AvgIpc) is 2.74. The van der Waals surface area contributed by atoms with E-state index in [2.05, 4.69) is 29.5 Å². The second-order valence-electron chi connectivity index (χ2n) is 9.08. The summed E-state index contributed by atoms with van der Waals surface area (Å²) in [5, 5.41) is 1.47. The van der Waals surface area contributed by atoms with Gasteiger partial charge in [0.05, 0.1) is 4.90 Å². The molecular weight excluding hydrogens is 460 g/mol. The van der Waals surface area contributed by atoms with Crippen LogP contribution in [0, 0.1) is 6.92 Å². The first-order chi connectivity index (χ1) is 15.6. The number of sulfonamides is 1. The SMILES string of the molecule is Cc1cc2oc(=O)cc(CN3CCC(NS(=O)(=O)c4ccc(Cl)cc4)CC3)c2cc1C(C)C. The molecule has 0 saturated carbocycles. The molecule has 0 amide bonds. The molecule has 6 nitrogen and oxygen atoms in total. The fourth-order valence-electron chi connectivity index (χ4n) is 4.50. The van der Waals surface area contributed by atoms with E-state index >= 15 is 0 Å². The zero-order valence-corrected chi connectivity index (χ0v) is 20.7. The lowest BCUT2D eigenvalue weighted by Gasteiger charge is -2.32. The number of nitrogens with one attached hydrogen (secondary N) is 1. The third kappa shape index (κ3) is 5.49. The molecule has 33 heavy (non-hydrogen) atoms. The van der Waals surface area contributed by atoms with Crippen LogP contribution in [0.3, 0.4) is 0 Å². The minimum atomic E-state index is -3.59. The van der Waals surface area contributed by atoms with E-state index in [1.165, 1.54) is 17.7 Å². The highest BCUT2D eigenvalue weighted by Gasteiger charge is 2.25. The topological polar surface area (TPSA) is 79.6 Å². The average molecular weight is 489 g/mol. The summed E-state index contributed by atoms with van der Waals surface area (Å²) in [6.07, 6.45) is 1.39. The molecule has 1 aromatic heterocycles. The number of halogens is 1. The van der Waals surface area contributed by atoms with E-state index < -0.39 is 10.0 Å². The molecule has 0 bridgehead atoms. The first-order valence-corrected chi connectivity index (χ1v) is 13.1. The van der Waals surface area contributed by atoms with Gasteiger partial charge in [0, 0.05) is 42.2 Å². The Morgan fingerprint density at radius 3 is 2.42 bits per heavy atom. The third-order valence-electron chi connectivity index (χ3n) is 6.27. The monoisotopic (exact) mass is 488 g/mol. The van der Waals surface area contributed by atoms with Gasteiger partial charge in [0.25, 0.3) is 0 Å². The van der Waals surface area contributed by atoms with Crippen molar-refractivity contribution in [1.82, 2.24) is 9.62 Å². The molecule has 1 aliphatic heterocycles. The molecule has 8 heteroatoms. The predicted molar refractivity (Wildman–Crippen MR) is 131 cm³/mol. The molecule has 1 N–H and O–H groups in total. The van der Waals surface area contributed by atoms with Crippen LogP contribution in [0.15, 0.2) is 56.6 Å². The molecule has 0 radical (unpaired) electrons. The Balaban J connectivity index is 1.46. The minimum Gasteiger partial charge on any atom is -0.423 e. The van der Waals surface area contributed by atoms with Gasteiger partial charge < -0.3 is 4.42 Å². The van der Waals surface area contributed by atoms with Crippen molar-refractivity contribution < 1.29 is 12.8 Å². The molecule has 1 saturated heterocycles. The van der Waals surface area contributed by atoms with E-state index in [1.54, 1.807) is 18.2 Å². The van der Waals surface area contributed by atoms with E-state index in [4.69, 9.17) is 16.0 Å². The standard InChI is InChI=1S/C25H29ClN2O4S/c1-16(2)22-14-23-18(13-25(29)32-24(23)12-17(22)3)15-28-10-8-20(9-11-28)27-33(30,31)21-6-4-19(26)5-7-21/h4-7,12-14,16,20,27H,8-11,15H2,1-3H3. The molecule has 1 fully saturated rings. The highest BCUT2D eigenvalue weighted by Crippen LogP contribution is 2.28. The molecule has 1 aliphatic rings. The molecule has 2 heterocycles. The highest BCUT2D eigenvalue weighted by molar-refractivity contribution is 7.89. The van der Waals surface area contributed by atoms with E-state index in [0.29, 0.717) is 35.9 Å². The fraction of sp³-hybridized carbons (Fsp3) is 0.400. The number of fused-ring (bicyclic) bond motifs is 1. The summed E-state index contributed by atoms with van der Waals surface area (Å²) in [6, 6.07) is 11.7. The summed E-state index contributed by atoms with van der Waals surface area (Å²) >= 11 is 5.87. The Morgan fingerprint density at radius 2 is 1.79 bits per heavy atom. The van der Waals surface area contributed by atoms with Crippen LogP contribution in [-0.2, 0) is 16.6 Å². The summed E-state index contributed by atoms with van der Waals surface area (Å²) in [5.74, 6) is 0.374. The van der Waals surface area contributed by atoms with Gasteiger partial charge in [0.15, 0.2) is 0 Å². The Hall–Kier alpha value is -2.19. The van der Waals surface area contributed by atoms with Gasteiger partial charge in [-0.1, -0.05) is 25.4 Å². The molecule has 0 unspecified atom stereocenters. The third-order valence-corrected chi connectivity index (χ3v) is 8.05. The molecule has 4 rings (SSSR count). The molecule has 2 aromatic carbocycles. The lowest BCUT2D eigenvalue weighted by atomic mass is 9.94. The van der Waals surface area contributed by atoms with Crippen LogP contribution in [0.1, 0.15) is 49.3 Å². The fourth-order valence-corrected chi connectivity index (χ4v) is 5.93. The summed E-state index contributed by atoms with van der Waals surface area (Å²) < 4.78 is 33.6. The number of nitrogens with zero attached hydrogens (tertiary/aromatic N) is 1. The number of aryl methyl sites for hydroxylation is 1. The number of piperidine rings is 1. The molecular formula is C25H29ClN2O4S. The second kappa shape index (κ2) is 9.58. The smallest absolute Gasteiger partial charge is 0.336 e. The van der Waals surface area contributed by atoms with Crippen molar-refractivity contribution in [2.45, 2.75) is 57.0 Å². The van der Waals surface area contributed by atoms with Gasteiger partial charge in [-0.15, -0.1) is 0 Å². The van der Waals surface area contributed by atoms with Crippen molar-refractivity contribution in [3.63, 3.8) is 0 Å². The van der Waals surface area contributed by atoms with Crippen LogP contribution in [0.4, 0.5) is 0 Å². The number of benzene rings is 2. The number of likely N-dealkylation sites (tertiary alicyclic amines) is 1. The van der Waals surface area contributed by atoms with Gasteiger partial charge in [-0.25, -0.2) is 17.9 Å². The van der Waals surface area contributed by atoms with E-state index in [0.717, 1.165) is 29.6 Å². The van der Waals surface area contributed by atoms with Gasteiger partial charge in [-0.05, 0) is 78.8 Å². The van der Waals surface area contributed by atoms with Gasteiger partial charge in [-0.3, -0.25) is 4.90 Å². The van der Waals surface area contributed by atoms with E-state index in [-0.39, 0.29) is 16.6 Å². The Bertz CT molecular complexity index is 1310. The first-order valence-electron chi connectivity index (χ1n) is 11.2. The van der Waals surface area contributed by atoms with Crippen molar-refractivity contribution in [3.8, 4) is 0 Å². The summed E-state index contributed by atoms with van der Waals surface area (Å²) in [6.45, 7) is 8.44. The first kappa shape index (κ1) is 24.0. The summed E-state index contributed by atoms with van der Waals surface area (Å²) in [4.78, 5) is 14.6. The van der Waals surface area contributed by atoms with E-state index in [1.807, 2.05) is 13.0 Å². The van der Waals surface area contributed by atoms with Crippen LogP contribution in [0.5, 0.6) is 0 Å². The van der Waals surface area contributed by atoms with Crippen LogP contribution in [0.2, 0.25) is 5.02 Å². The van der Waals surface area contributed by atoms with Gasteiger partial charge in [0.1, 0.15) is 5.58 Å². The molecule has 0 aliphatic carbocycles. The maximum Gasteiger partial charge on any atom is 0.336 e. The minimum absolute atomic E-state index is 0.130. The maximum atomic E-state index is 12.7.